The summed E-state index contributed by atoms with van der Waals surface area (Å²) in [5.74, 6) is -0.417. The Kier molecular flexibility index (Phi) is 6.39. The van der Waals surface area contributed by atoms with Gasteiger partial charge >= 0.3 is 12.1 Å². The molecule has 0 bridgehead atoms. The summed E-state index contributed by atoms with van der Waals surface area (Å²) in [5, 5.41) is 11.8. The molecule has 1 atom stereocenters. The molecule has 0 aliphatic heterocycles. The Morgan fingerprint density at radius 2 is 1.81 bits per heavy atom. The van der Waals surface area contributed by atoms with Gasteiger partial charge in [0.25, 0.3) is 0 Å². The van der Waals surface area contributed by atoms with Crippen LogP contribution in [0, 0.1) is 0 Å². The van der Waals surface area contributed by atoms with Gasteiger partial charge in [-0.1, -0.05) is 6.07 Å². The Morgan fingerprint density at radius 3 is 2.37 bits per heavy atom. The minimum Gasteiger partial charge on any atom is -0.497 e. The highest BCUT2D eigenvalue weighted by molar-refractivity contribution is 5.80. The van der Waals surface area contributed by atoms with Crippen LogP contribution in [0.1, 0.15) is 26.5 Å². The number of methoxy groups -OCH3 is 1. The van der Waals surface area contributed by atoms with Gasteiger partial charge in [0.15, 0.2) is 0 Å². The Labute approximate surface area is 158 Å². The zero-order valence-electron chi connectivity index (χ0n) is 15.9. The Hall–Kier alpha value is -3.09. The number of hydrogen-bond acceptors (Lipinski definition) is 5. The van der Waals surface area contributed by atoms with Crippen LogP contribution in [0.4, 0.5) is 4.79 Å². The van der Waals surface area contributed by atoms with Crippen molar-refractivity contribution in [2.24, 2.45) is 0 Å². The lowest BCUT2D eigenvalue weighted by Crippen LogP contribution is -2.44. The van der Waals surface area contributed by atoms with Crippen LogP contribution in [0.15, 0.2) is 42.5 Å². The molecule has 1 aromatic heterocycles. The second-order valence-corrected chi connectivity index (χ2v) is 6.98. The van der Waals surface area contributed by atoms with Crippen molar-refractivity contribution in [3.8, 4) is 17.0 Å². The average Bonchev–Trinajstić information content (AvgIpc) is 2.60. The molecule has 7 heteroatoms. The van der Waals surface area contributed by atoms with Crippen LogP contribution < -0.4 is 10.1 Å². The lowest BCUT2D eigenvalue weighted by molar-refractivity contribution is -0.139. The van der Waals surface area contributed by atoms with Crippen LogP contribution in [-0.4, -0.2) is 40.9 Å². The SMILES string of the molecule is COc1ccc(-c2cccc(CC(NC(=O)OC(C)(C)C)C(=O)O)n2)cc1. The largest absolute Gasteiger partial charge is 0.497 e. The van der Waals surface area contributed by atoms with E-state index in [2.05, 4.69) is 10.3 Å². The van der Waals surface area contributed by atoms with E-state index in [0.29, 0.717) is 11.4 Å². The number of ether oxygens (including phenoxy) is 2. The Bertz CT molecular complexity index is 797. The van der Waals surface area contributed by atoms with E-state index in [0.717, 1.165) is 11.3 Å². The topological polar surface area (TPSA) is 97.8 Å². The molecule has 0 aliphatic carbocycles. The van der Waals surface area contributed by atoms with Crippen LogP contribution in [-0.2, 0) is 16.0 Å². The van der Waals surface area contributed by atoms with Crippen LogP contribution in [0.2, 0.25) is 0 Å². The molecule has 2 aromatic rings. The first-order valence-corrected chi connectivity index (χ1v) is 8.50. The van der Waals surface area contributed by atoms with Crippen molar-refractivity contribution in [2.45, 2.75) is 38.8 Å². The van der Waals surface area contributed by atoms with Crippen LogP contribution >= 0.6 is 0 Å². The normalized spacial score (nSPS) is 12.1. The summed E-state index contributed by atoms with van der Waals surface area (Å²) in [7, 11) is 1.59. The number of carboxylic acids is 1. The summed E-state index contributed by atoms with van der Waals surface area (Å²) >= 11 is 0. The molecule has 0 saturated carbocycles. The molecule has 2 rings (SSSR count). The van der Waals surface area contributed by atoms with E-state index in [1.54, 1.807) is 40.0 Å². The van der Waals surface area contributed by atoms with Gasteiger partial charge < -0.3 is 19.9 Å². The van der Waals surface area contributed by atoms with Crippen molar-refractivity contribution in [3.05, 3.63) is 48.2 Å². The number of nitrogens with one attached hydrogen (secondary N) is 1. The number of hydrogen-bond donors (Lipinski definition) is 2. The second kappa shape index (κ2) is 8.53. The van der Waals surface area contributed by atoms with Crippen molar-refractivity contribution in [2.75, 3.05) is 7.11 Å². The van der Waals surface area contributed by atoms with Gasteiger partial charge in [-0.3, -0.25) is 4.98 Å². The highest BCUT2D eigenvalue weighted by Gasteiger charge is 2.24. The fourth-order valence-corrected chi connectivity index (χ4v) is 2.37. The summed E-state index contributed by atoms with van der Waals surface area (Å²) in [6, 6.07) is 11.6. The maximum absolute atomic E-state index is 11.9. The molecule has 0 fully saturated rings. The standard InChI is InChI=1S/C20H24N2O5/c1-20(2,3)27-19(25)22-17(18(23)24)12-14-6-5-7-16(21-14)13-8-10-15(26-4)11-9-13/h5-11,17H,12H2,1-4H3,(H,22,25)(H,23,24). The van der Waals surface area contributed by atoms with E-state index in [1.807, 2.05) is 30.3 Å². The number of nitrogens with zero attached hydrogens (tertiary/aromatic N) is 1. The van der Waals surface area contributed by atoms with E-state index in [9.17, 15) is 14.7 Å². The van der Waals surface area contributed by atoms with E-state index in [-0.39, 0.29) is 6.42 Å². The molecule has 27 heavy (non-hydrogen) atoms. The number of benzene rings is 1. The number of carbonyl (C=O) groups is 2. The van der Waals surface area contributed by atoms with Gasteiger partial charge in [-0.25, -0.2) is 9.59 Å². The number of amides is 1. The summed E-state index contributed by atoms with van der Waals surface area (Å²) in [6.07, 6.45) is -0.736. The maximum atomic E-state index is 11.9. The van der Waals surface area contributed by atoms with Gasteiger partial charge in [0.2, 0.25) is 0 Å². The third-order valence-corrected chi connectivity index (χ3v) is 3.59. The molecule has 1 heterocycles. The van der Waals surface area contributed by atoms with Crippen molar-refractivity contribution in [3.63, 3.8) is 0 Å². The lowest BCUT2D eigenvalue weighted by atomic mass is 10.1. The van der Waals surface area contributed by atoms with Gasteiger partial charge in [0, 0.05) is 17.7 Å². The molecular weight excluding hydrogens is 348 g/mol. The molecule has 144 valence electrons. The molecule has 0 saturated heterocycles. The number of pyridine rings is 1. The summed E-state index contributed by atoms with van der Waals surface area (Å²) in [4.78, 5) is 27.9. The number of alkyl carbamates (subject to hydrolysis) is 1. The highest BCUT2D eigenvalue weighted by Crippen LogP contribution is 2.21. The third kappa shape index (κ3) is 6.29. The molecule has 2 N–H and O–H groups in total. The first kappa shape index (κ1) is 20.2. The molecular formula is C20H24N2O5. The number of aromatic nitrogens is 1. The van der Waals surface area contributed by atoms with Gasteiger partial charge in [0.05, 0.1) is 12.8 Å². The van der Waals surface area contributed by atoms with Gasteiger partial charge in [-0.15, -0.1) is 0 Å². The fraction of sp³-hybridized carbons (Fsp3) is 0.350. The molecule has 7 nitrogen and oxygen atoms in total. The van der Waals surface area contributed by atoms with Crippen LogP contribution in [0.3, 0.4) is 0 Å². The number of carbonyl (C=O) groups excluding carboxylic acids is 1. The molecule has 1 aromatic carbocycles. The van der Waals surface area contributed by atoms with Crippen molar-refractivity contribution in [1.29, 1.82) is 0 Å². The van der Waals surface area contributed by atoms with E-state index < -0.39 is 23.7 Å². The Balaban J connectivity index is 2.14. The quantitative estimate of drug-likeness (QED) is 0.808. The first-order chi connectivity index (χ1) is 12.7. The summed E-state index contributed by atoms with van der Waals surface area (Å²) in [6.45, 7) is 5.13. The van der Waals surface area contributed by atoms with Gasteiger partial charge in [-0.05, 0) is 57.2 Å². The summed E-state index contributed by atoms with van der Waals surface area (Å²) < 4.78 is 10.3. The smallest absolute Gasteiger partial charge is 0.408 e. The molecule has 0 radical (unpaired) electrons. The first-order valence-electron chi connectivity index (χ1n) is 8.50. The number of aliphatic carboxylic acids is 1. The molecule has 1 unspecified atom stereocenters. The van der Waals surface area contributed by atoms with Gasteiger partial charge in [0.1, 0.15) is 17.4 Å². The average molecular weight is 372 g/mol. The van der Waals surface area contributed by atoms with E-state index >= 15 is 0 Å². The third-order valence-electron chi connectivity index (χ3n) is 3.59. The van der Waals surface area contributed by atoms with E-state index in [1.165, 1.54) is 0 Å². The second-order valence-electron chi connectivity index (χ2n) is 6.98. The molecule has 0 aliphatic rings. The monoisotopic (exact) mass is 372 g/mol. The Morgan fingerprint density at radius 1 is 1.15 bits per heavy atom. The summed E-state index contributed by atoms with van der Waals surface area (Å²) in [5.41, 5.74) is 1.42. The maximum Gasteiger partial charge on any atom is 0.408 e. The minimum atomic E-state index is -1.16. The zero-order valence-corrected chi connectivity index (χ0v) is 15.9. The predicted octanol–water partition coefficient (Wildman–Crippen LogP) is 3.28. The van der Waals surface area contributed by atoms with Gasteiger partial charge in [-0.2, -0.15) is 0 Å². The van der Waals surface area contributed by atoms with Crippen LogP contribution in [0.25, 0.3) is 11.3 Å². The van der Waals surface area contributed by atoms with E-state index in [4.69, 9.17) is 9.47 Å². The fourth-order valence-electron chi connectivity index (χ4n) is 2.37. The highest BCUT2D eigenvalue weighted by atomic mass is 16.6. The molecule has 0 spiro atoms. The van der Waals surface area contributed by atoms with Crippen LogP contribution in [0.5, 0.6) is 5.75 Å². The van der Waals surface area contributed by atoms with Crippen molar-refractivity contribution >= 4 is 12.1 Å². The van der Waals surface area contributed by atoms with Crippen molar-refractivity contribution in [1.82, 2.24) is 10.3 Å². The minimum absolute atomic E-state index is 0.0402. The number of rotatable bonds is 6. The lowest BCUT2D eigenvalue weighted by Gasteiger charge is -2.22. The van der Waals surface area contributed by atoms with Crippen molar-refractivity contribution < 1.29 is 24.2 Å². The zero-order chi connectivity index (χ0) is 20.0. The molecule has 1 amide bonds. The predicted molar refractivity (Wildman–Crippen MR) is 101 cm³/mol. The number of carboxylic acid groups (broad SMARTS) is 1.